The summed E-state index contributed by atoms with van der Waals surface area (Å²) in [5, 5.41) is 3.25. The minimum atomic E-state index is 0.00594. The molecule has 2 atom stereocenters. The fraction of sp³-hybridized carbons (Fsp3) is 0.632. The molecule has 0 aromatic heterocycles. The second kappa shape index (κ2) is 7.45. The third-order valence-corrected chi connectivity index (χ3v) is 5.74. The minimum absolute atomic E-state index is 0.00594. The molecule has 2 fully saturated rings. The molecule has 1 saturated carbocycles. The van der Waals surface area contributed by atoms with E-state index < -0.39 is 0 Å². The molecular formula is C19H28N2O2. The maximum Gasteiger partial charge on any atom is 0.223 e. The van der Waals surface area contributed by atoms with Gasteiger partial charge in [-0.1, -0.05) is 36.8 Å². The number of nitrogens with two attached hydrogens (primary N) is 1. The van der Waals surface area contributed by atoms with Crippen molar-refractivity contribution in [3.05, 3.63) is 35.9 Å². The number of carbonyl (C=O) groups excluding carboxylic acids is 1. The Labute approximate surface area is 138 Å². The summed E-state index contributed by atoms with van der Waals surface area (Å²) in [4.78, 5) is 12.6. The van der Waals surface area contributed by atoms with E-state index in [1.165, 1.54) is 5.56 Å². The van der Waals surface area contributed by atoms with E-state index in [0.717, 1.165) is 45.3 Å². The lowest BCUT2D eigenvalue weighted by molar-refractivity contribution is -0.126. The van der Waals surface area contributed by atoms with Gasteiger partial charge in [0.25, 0.3) is 0 Å². The molecule has 0 bridgehead atoms. The summed E-state index contributed by atoms with van der Waals surface area (Å²) in [5.41, 5.74) is 7.14. The van der Waals surface area contributed by atoms with Crippen molar-refractivity contribution >= 4 is 5.91 Å². The van der Waals surface area contributed by atoms with E-state index >= 15 is 0 Å². The molecule has 0 unspecified atom stereocenters. The van der Waals surface area contributed by atoms with Crippen molar-refractivity contribution in [2.75, 3.05) is 26.3 Å². The molecule has 1 saturated heterocycles. The smallest absolute Gasteiger partial charge is 0.223 e. The van der Waals surface area contributed by atoms with E-state index in [1.54, 1.807) is 0 Å². The van der Waals surface area contributed by atoms with Crippen molar-refractivity contribution in [3.63, 3.8) is 0 Å². The molecule has 1 aromatic rings. The molecule has 1 amide bonds. The van der Waals surface area contributed by atoms with Crippen molar-refractivity contribution in [1.82, 2.24) is 5.32 Å². The molecule has 126 valence electrons. The minimum Gasteiger partial charge on any atom is -0.381 e. The zero-order chi connectivity index (χ0) is 16.1. The molecule has 1 aliphatic heterocycles. The van der Waals surface area contributed by atoms with E-state index in [2.05, 4.69) is 29.6 Å². The van der Waals surface area contributed by atoms with Gasteiger partial charge in [0, 0.05) is 31.1 Å². The van der Waals surface area contributed by atoms with E-state index in [1.807, 2.05) is 6.07 Å². The Balaban J connectivity index is 1.69. The Kier molecular flexibility index (Phi) is 5.34. The molecule has 2 aliphatic rings. The number of benzene rings is 1. The molecule has 3 N–H and O–H groups in total. The molecule has 1 aromatic carbocycles. The van der Waals surface area contributed by atoms with Crippen LogP contribution in [0.1, 0.15) is 37.7 Å². The Morgan fingerprint density at radius 1 is 1.22 bits per heavy atom. The summed E-state index contributed by atoms with van der Waals surface area (Å²) in [5.74, 6) is 0.657. The number of amides is 1. The molecule has 4 heteroatoms. The molecular weight excluding hydrogens is 288 g/mol. The lowest BCUT2D eigenvalue weighted by atomic mass is 9.74. The Hall–Kier alpha value is -1.39. The Morgan fingerprint density at radius 3 is 2.65 bits per heavy atom. The topological polar surface area (TPSA) is 64.4 Å². The van der Waals surface area contributed by atoms with Gasteiger partial charge in [-0.2, -0.15) is 0 Å². The van der Waals surface area contributed by atoms with Crippen LogP contribution in [0, 0.1) is 11.8 Å². The summed E-state index contributed by atoms with van der Waals surface area (Å²) in [6.45, 7) is 2.85. The second-order valence-electron chi connectivity index (χ2n) is 7.01. The standard InChI is InChI=1S/C19H28N2O2/c20-13-15-5-4-8-17(15)18(22)21-14-19(9-11-23-12-10-19)16-6-2-1-3-7-16/h1-3,6-7,15,17H,4-5,8-14,20H2,(H,21,22)/t15-,17-/m1/s1. The van der Waals surface area contributed by atoms with Crippen LogP contribution < -0.4 is 11.1 Å². The van der Waals surface area contributed by atoms with Crippen molar-refractivity contribution in [2.45, 2.75) is 37.5 Å². The van der Waals surface area contributed by atoms with Crippen molar-refractivity contribution in [3.8, 4) is 0 Å². The Bertz CT molecular complexity index is 511. The predicted molar refractivity (Wildman–Crippen MR) is 91.1 cm³/mol. The highest BCUT2D eigenvalue weighted by Crippen LogP contribution is 2.35. The number of nitrogens with one attached hydrogen (secondary N) is 1. The Morgan fingerprint density at radius 2 is 1.96 bits per heavy atom. The van der Waals surface area contributed by atoms with Crippen LogP contribution in [-0.4, -0.2) is 32.2 Å². The van der Waals surface area contributed by atoms with Crippen LogP contribution in [0.25, 0.3) is 0 Å². The lowest BCUT2D eigenvalue weighted by Crippen LogP contribution is -2.46. The fourth-order valence-electron chi connectivity index (χ4n) is 4.17. The molecule has 4 nitrogen and oxygen atoms in total. The van der Waals surface area contributed by atoms with Crippen molar-refractivity contribution < 1.29 is 9.53 Å². The van der Waals surface area contributed by atoms with Gasteiger partial charge in [0.2, 0.25) is 5.91 Å². The number of rotatable bonds is 5. The highest BCUT2D eigenvalue weighted by Gasteiger charge is 2.37. The van der Waals surface area contributed by atoms with E-state index in [4.69, 9.17) is 10.5 Å². The van der Waals surface area contributed by atoms with Gasteiger partial charge in [-0.25, -0.2) is 0 Å². The first-order valence-electron chi connectivity index (χ1n) is 8.86. The maximum absolute atomic E-state index is 12.6. The fourth-order valence-corrected chi connectivity index (χ4v) is 4.17. The highest BCUT2D eigenvalue weighted by molar-refractivity contribution is 5.79. The van der Waals surface area contributed by atoms with Gasteiger partial charge in [0.05, 0.1) is 0 Å². The van der Waals surface area contributed by atoms with Gasteiger partial charge in [-0.15, -0.1) is 0 Å². The van der Waals surface area contributed by atoms with Crippen molar-refractivity contribution in [1.29, 1.82) is 0 Å². The van der Waals surface area contributed by atoms with Crippen LogP contribution in [0.2, 0.25) is 0 Å². The van der Waals surface area contributed by atoms with Crippen LogP contribution in [0.4, 0.5) is 0 Å². The lowest BCUT2D eigenvalue weighted by Gasteiger charge is -2.38. The quantitative estimate of drug-likeness (QED) is 0.875. The third kappa shape index (κ3) is 3.59. The first kappa shape index (κ1) is 16.5. The monoisotopic (exact) mass is 316 g/mol. The predicted octanol–water partition coefficient (Wildman–Crippen LogP) is 2.23. The number of carbonyl (C=O) groups is 1. The SMILES string of the molecule is NC[C@H]1CCC[C@H]1C(=O)NCC1(c2ccccc2)CCOCC1. The van der Waals surface area contributed by atoms with Crippen LogP contribution in [0.15, 0.2) is 30.3 Å². The molecule has 1 heterocycles. The van der Waals surface area contributed by atoms with Crippen LogP contribution >= 0.6 is 0 Å². The molecule has 0 radical (unpaired) electrons. The average Bonchev–Trinajstić information content (AvgIpc) is 3.10. The summed E-state index contributed by atoms with van der Waals surface area (Å²) in [6.07, 6.45) is 5.11. The number of hydrogen-bond donors (Lipinski definition) is 2. The van der Waals surface area contributed by atoms with Crippen LogP contribution in [0.5, 0.6) is 0 Å². The largest absolute Gasteiger partial charge is 0.381 e. The molecule has 0 spiro atoms. The number of ether oxygens (including phenoxy) is 1. The van der Waals surface area contributed by atoms with Crippen molar-refractivity contribution in [2.24, 2.45) is 17.6 Å². The molecule has 1 aliphatic carbocycles. The first-order chi connectivity index (χ1) is 11.2. The van der Waals surface area contributed by atoms with E-state index in [9.17, 15) is 4.79 Å². The second-order valence-corrected chi connectivity index (χ2v) is 7.01. The normalized spacial score (nSPS) is 26.8. The summed E-state index contributed by atoms with van der Waals surface area (Å²) in [7, 11) is 0. The van der Waals surface area contributed by atoms with Gasteiger partial charge in [0.15, 0.2) is 0 Å². The van der Waals surface area contributed by atoms with Gasteiger partial charge < -0.3 is 15.8 Å². The summed E-state index contributed by atoms with van der Waals surface area (Å²) < 4.78 is 5.56. The summed E-state index contributed by atoms with van der Waals surface area (Å²) >= 11 is 0. The zero-order valence-corrected chi connectivity index (χ0v) is 13.8. The average molecular weight is 316 g/mol. The zero-order valence-electron chi connectivity index (χ0n) is 13.8. The highest BCUT2D eigenvalue weighted by atomic mass is 16.5. The maximum atomic E-state index is 12.6. The van der Waals surface area contributed by atoms with Crippen LogP contribution in [-0.2, 0) is 14.9 Å². The molecule has 23 heavy (non-hydrogen) atoms. The molecule has 3 rings (SSSR count). The van der Waals surface area contributed by atoms with Gasteiger partial charge >= 0.3 is 0 Å². The number of hydrogen-bond acceptors (Lipinski definition) is 3. The van der Waals surface area contributed by atoms with Crippen LogP contribution in [0.3, 0.4) is 0 Å². The van der Waals surface area contributed by atoms with Gasteiger partial charge in [-0.05, 0) is 43.7 Å². The van der Waals surface area contributed by atoms with E-state index in [0.29, 0.717) is 19.0 Å². The summed E-state index contributed by atoms with van der Waals surface area (Å²) in [6, 6.07) is 10.6. The first-order valence-corrected chi connectivity index (χ1v) is 8.86. The van der Waals surface area contributed by atoms with Gasteiger partial charge in [0.1, 0.15) is 0 Å². The van der Waals surface area contributed by atoms with E-state index in [-0.39, 0.29) is 17.2 Å². The van der Waals surface area contributed by atoms with Gasteiger partial charge in [-0.3, -0.25) is 4.79 Å². The third-order valence-electron chi connectivity index (χ3n) is 5.74.